The molecule has 2 aliphatic rings. The Hall–Kier alpha value is -2.54. The minimum absolute atomic E-state index is 0.0317. The van der Waals surface area contributed by atoms with Crippen LogP contribution in [-0.4, -0.2) is 88.1 Å². The number of aliphatic hydroxyl groups excluding tert-OH is 1. The SMILES string of the molecule is COC(=O)NCCO[C@@H](c1cccc(Cl)c1)[C@@H]1CCCN(C(=O)N[C@@H](CC2CCCCC2)[C@@H](O)CSc2nncn2C)C1. The number of aliphatic hydroxyl groups is 1. The number of urea groups is 1. The number of carbonyl (C=O) groups excluding carboxylic acids is 2. The molecule has 2 aromatic rings. The van der Waals surface area contributed by atoms with Gasteiger partial charge in [0.05, 0.1) is 32.0 Å². The highest BCUT2D eigenvalue weighted by Crippen LogP contribution is 2.34. The van der Waals surface area contributed by atoms with Crippen molar-refractivity contribution in [1.82, 2.24) is 30.3 Å². The second kappa shape index (κ2) is 17.1. The highest BCUT2D eigenvalue weighted by atomic mass is 35.5. The van der Waals surface area contributed by atoms with Gasteiger partial charge in [0.1, 0.15) is 6.33 Å². The maximum atomic E-state index is 13.7. The van der Waals surface area contributed by atoms with Crippen molar-refractivity contribution in [3.63, 3.8) is 0 Å². The minimum atomic E-state index is -0.724. The summed E-state index contributed by atoms with van der Waals surface area (Å²) >= 11 is 7.77. The van der Waals surface area contributed by atoms with Crippen LogP contribution >= 0.6 is 23.4 Å². The summed E-state index contributed by atoms with van der Waals surface area (Å²) < 4.78 is 12.8. The average molecular weight is 637 g/mol. The van der Waals surface area contributed by atoms with Crippen LogP contribution in [0.3, 0.4) is 0 Å². The number of hydrogen-bond acceptors (Lipinski definition) is 8. The molecule has 1 aromatic carbocycles. The number of alkyl carbamates (subject to hydrolysis) is 1. The first-order valence-electron chi connectivity index (χ1n) is 15.2. The number of benzene rings is 1. The van der Waals surface area contributed by atoms with Gasteiger partial charge in [-0.3, -0.25) is 0 Å². The maximum Gasteiger partial charge on any atom is 0.406 e. The van der Waals surface area contributed by atoms with E-state index in [4.69, 9.17) is 16.3 Å². The van der Waals surface area contributed by atoms with E-state index in [-0.39, 0.29) is 30.7 Å². The summed E-state index contributed by atoms with van der Waals surface area (Å²) in [6, 6.07) is 7.07. The van der Waals surface area contributed by atoms with Gasteiger partial charge >= 0.3 is 12.1 Å². The summed E-state index contributed by atoms with van der Waals surface area (Å²) in [7, 11) is 3.20. The zero-order valence-corrected chi connectivity index (χ0v) is 26.7. The van der Waals surface area contributed by atoms with Crippen LogP contribution in [0.15, 0.2) is 35.7 Å². The molecule has 1 aliphatic heterocycles. The third-order valence-corrected chi connectivity index (χ3v) is 9.71. The molecule has 2 heterocycles. The van der Waals surface area contributed by atoms with E-state index in [9.17, 15) is 14.7 Å². The van der Waals surface area contributed by atoms with Crippen molar-refractivity contribution >= 4 is 35.5 Å². The molecule has 1 saturated carbocycles. The first-order valence-corrected chi connectivity index (χ1v) is 16.6. The van der Waals surface area contributed by atoms with Crippen LogP contribution in [0.5, 0.6) is 0 Å². The number of nitrogens with zero attached hydrogens (tertiary/aromatic N) is 4. The van der Waals surface area contributed by atoms with Gasteiger partial charge in [-0.15, -0.1) is 10.2 Å². The number of rotatable bonds is 13. The lowest BCUT2D eigenvalue weighted by molar-refractivity contribution is -0.00897. The van der Waals surface area contributed by atoms with Crippen molar-refractivity contribution in [2.75, 3.05) is 39.1 Å². The Morgan fingerprint density at radius 2 is 2.02 bits per heavy atom. The van der Waals surface area contributed by atoms with Crippen LogP contribution in [0.1, 0.15) is 63.0 Å². The monoisotopic (exact) mass is 636 g/mol. The van der Waals surface area contributed by atoms with Gasteiger partial charge in [-0.2, -0.15) is 0 Å². The first-order chi connectivity index (χ1) is 20.8. The Labute approximate surface area is 263 Å². The highest BCUT2D eigenvalue weighted by Gasteiger charge is 2.34. The molecule has 0 unspecified atom stereocenters. The fourth-order valence-corrected chi connectivity index (χ4v) is 7.17. The second-order valence-electron chi connectivity index (χ2n) is 11.5. The number of hydrogen-bond donors (Lipinski definition) is 3. The highest BCUT2D eigenvalue weighted by molar-refractivity contribution is 7.99. The summed E-state index contributed by atoms with van der Waals surface area (Å²) in [6.07, 6.45) is 8.47. The summed E-state index contributed by atoms with van der Waals surface area (Å²) in [5.74, 6) is 0.933. The number of thioether (sulfide) groups is 1. The van der Waals surface area contributed by atoms with Crippen LogP contribution in [0.4, 0.5) is 9.59 Å². The average Bonchev–Trinajstić information content (AvgIpc) is 3.44. The van der Waals surface area contributed by atoms with Crippen LogP contribution in [0.2, 0.25) is 5.02 Å². The van der Waals surface area contributed by atoms with E-state index in [0.29, 0.717) is 36.3 Å². The summed E-state index contributed by atoms with van der Waals surface area (Å²) in [5, 5.41) is 26.5. The van der Waals surface area contributed by atoms with Gasteiger partial charge in [-0.25, -0.2) is 9.59 Å². The number of nitrogens with one attached hydrogen (secondary N) is 2. The van der Waals surface area contributed by atoms with E-state index in [0.717, 1.165) is 42.8 Å². The smallest absolute Gasteiger partial charge is 0.406 e. The number of likely N-dealkylation sites (tertiary alicyclic amines) is 1. The molecular formula is C30H45ClN6O5S. The van der Waals surface area contributed by atoms with E-state index in [1.807, 2.05) is 40.8 Å². The first kappa shape index (κ1) is 33.4. The Balaban J connectivity index is 1.41. The van der Waals surface area contributed by atoms with Crippen molar-refractivity contribution < 1.29 is 24.2 Å². The van der Waals surface area contributed by atoms with Gasteiger partial charge in [-0.05, 0) is 42.9 Å². The molecular weight excluding hydrogens is 592 g/mol. The minimum Gasteiger partial charge on any atom is -0.453 e. The van der Waals surface area contributed by atoms with Gasteiger partial charge < -0.3 is 34.7 Å². The van der Waals surface area contributed by atoms with Crippen LogP contribution in [-0.2, 0) is 16.5 Å². The molecule has 1 aromatic heterocycles. The maximum absolute atomic E-state index is 13.7. The van der Waals surface area contributed by atoms with E-state index in [2.05, 4.69) is 25.6 Å². The van der Waals surface area contributed by atoms with E-state index < -0.39 is 12.2 Å². The van der Waals surface area contributed by atoms with Crippen molar-refractivity contribution in [3.8, 4) is 0 Å². The number of amides is 3. The lowest BCUT2D eigenvalue weighted by Crippen LogP contribution is -2.53. The molecule has 238 valence electrons. The zero-order valence-electron chi connectivity index (χ0n) is 25.1. The van der Waals surface area contributed by atoms with Crippen LogP contribution in [0, 0.1) is 11.8 Å². The largest absolute Gasteiger partial charge is 0.453 e. The lowest BCUT2D eigenvalue weighted by atomic mass is 9.84. The number of piperidine rings is 1. The number of aromatic nitrogens is 3. The van der Waals surface area contributed by atoms with E-state index in [1.54, 1.807) is 6.33 Å². The summed E-state index contributed by atoms with van der Waals surface area (Å²) in [5.41, 5.74) is 0.934. The molecule has 0 spiro atoms. The number of carbonyl (C=O) groups is 2. The van der Waals surface area contributed by atoms with Gasteiger partial charge in [0, 0.05) is 43.4 Å². The van der Waals surface area contributed by atoms with Gasteiger partial charge in [0.25, 0.3) is 0 Å². The molecule has 1 aliphatic carbocycles. The Bertz CT molecular complexity index is 1170. The second-order valence-corrected chi connectivity index (χ2v) is 12.9. The standard InChI is InChI=1S/C30H45ClN6O5S/c1-36-20-33-35-29(36)43-19-26(38)25(16-21-8-4-3-5-9-21)34-28(39)37-14-7-11-23(18-37)27(22-10-6-12-24(31)17-22)42-15-13-32-30(40)41-2/h6,10,12,17,20-21,23,25-27,38H,3-5,7-9,11,13-16,18-19H2,1-2H3,(H,32,40)(H,34,39)/t23-,25+,26+,27+/m1/s1. The van der Waals surface area contributed by atoms with E-state index >= 15 is 0 Å². The molecule has 3 N–H and O–H groups in total. The molecule has 4 rings (SSSR count). The van der Waals surface area contributed by atoms with Crippen molar-refractivity contribution in [3.05, 3.63) is 41.2 Å². The predicted octanol–water partition coefficient (Wildman–Crippen LogP) is 4.80. The molecule has 2 fully saturated rings. The fraction of sp³-hybridized carbons (Fsp3) is 0.667. The fourth-order valence-electron chi connectivity index (χ4n) is 6.06. The van der Waals surface area contributed by atoms with Gasteiger partial charge in [0.15, 0.2) is 5.16 Å². The number of ether oxygens (including phenoxy) is 2. The van der Waals surface area contributed by atoms with Crippen molar-refractivity contribution in [1.29, 1.82) is 0 Å². The van der Waals surface area contributed by atoms with Gasteiger partial charge in [0.2, 0.25) is 0 Å². The topological polar surface area (TPSA) is 131 Å². The number of methoxy groups -OCH3 is 1. The zero-order chi connectivity index (χ0) is 30.6. The normalized spacial score (nSPS) is 19.8. The van der Waals surface area contributed by atoms with Gasteiger partial charge in [-0.1, -0.05) is 67.6 Å². The Morgan fingerprint density at radius 1 is 1.21 bits per heavy atom. The van der Waals surface area contributed by atoms with E-state index in [1.165, 1.54) is 38.1 Å². The predicted molar refractivity (Wildman–Crippen MR) is 166 cm³/mol. The molecule has 43 heavy (non-hydrogen) atoms. The Morgan fingerprint density at radius 3 is 2.74 bits per heavy atom. The van der Waals surface area contributed by atoms with Crippen molar-refractivity contribution in [2.24, 2.45) is 18.9 Å². The Kier molecular flexibility index (Phi) is 13.2. The molecule has 4 atom stereocenters. The van der Waals surface area contributed by atoms with Crippen molar-refractivity contribution in [2.45, 2.75) is 74.8 Å². The summed E-state index contributed by atoms with van der Waals surface area (Å²) in [4.78, 5) is 27.0. The van der Waals surface area contributed by atoms with Crippen LogP contribution in [0.25, 0.3) is 0 Å². The molecule has 1 saturated heterocycles. The molecule has 3 amide bonds. The van der Waals surface area contributed by atoms with Crippen LogP contribution < -0.4 is 10.6 Å². The molecule has 0 bridgehead atoms. The lowest BCUT2D eigenvalue weighted by Gasteiger charge is -2.38. The molecule has 13 heteroatoms. The third kappa shape index (κ3) is 10.3. The number of aryl methyl sites for hydroxylation is 1. The molecule has 11 nitrogen and oxygen atoms in total. The number of halogens is 1. The molecule has 0 radical (unpaired) electrons. The third-order valence-electron chi connectivity index (χ3n) is 8.34. The summed E-state index contributed by atoms with van der Waals surface area (Å²) in [6.45, 7) is 1.73. The quantitative estimate of drug-likeness (QED) is 0.211.